The lowest BCUT2D eigenvalue weighted by Gasteiger charge is -2.45. The van der Waals surface area contributed by atoms with Crippen LogP contribution in [0.4, 0.5) is 0 Å². The van der Waals surface area contributed by atoms with Gasteiger partial charge in [-0.15, -0.1) is 0 Å². The van der Waals surface area contributed by atoms with E-state index < -0.39 is 0 Å². The monoisotopic (exact) mass is 268 g/mol. The van der Waals surface area contributed by atoms with Gasteiger partial charge in [0, 0.05) is 19.1 Å². The van der Waals surface area contributed by atoms with Crippen LogP contribution >= 0.6 is 11.8 Å². The molecule has 0 bridgehead atoms. The predicted octanol–water partition coefficient (Wildman–Crippen LogP) is 2.58. The number of thioether (sulfide) groups is 1. The van der Waals surface area contributed by atoms with Crippen molar-refractivity contribution >= 4 is 11.8 Å². The molecule has 3 aliphatic rings. The Kier molecular flexibility index (Phi) is 4.53. The van der Waals surface area contributed by atoms with Crippen molar-refractivity contribution < 1.29 is 0 Å². The van der Waals surface area contributed by atoms with Crippen LogP contribution in [0.1, 0.15) is 38.5 Å². The van der Waals surface area contributed by atoms with Crippen molar-refractivity contribution in [2.45, 2.75) is 44.6 Å². The highest BCUT2D eigenvalue weighted by molar-refractivity contribution is 7.99. The van der Waals surface area contributed by atoms with E-state index in [1.54, 1.807) is 0 Å². The third kappa shape index (κ3) is 2.73. The minimum atomic E-state index is 0.683. The number of nitrogens with two attached hydrogens (primary N) is 1. The first-order valence-corrected chi connectivity index (χ1v) is 9.06. The molecule has 4 atom stereocenters. The Balaban J connectivity index is 1.61. The molecule has 3 heteroatoms. The number of rotatable bonds is 3. The van der Waals surface area contributed by atoms with Crippen LogP contribution in [0.2, 0.25) is 0 Å². The van der Waals surface area contributed by atoms with E-state index in [2.05, 4.69) is 16.7 Å². The number of likely N-dealkylation sites (tertiary alicyclic amines) is 1. The second-order valence-electron chi connectivity index (χ2n) is 6.51. The summed E-state index contributed by atoms with van der Waals surface area (Å²) in [5.74, 6) is 5.63. The molecule has 1 aliphatic carbocycles. The maximum Gasteiger partial charge on any atom is 0.0254 e. The topological polar surface area (TPSA) is 29.3 Å². The second kappa shape index (κ2) is 6.15. The molecule has 2 heterocycles. The van der Waals surface area contributed by atoms with Crippen molar-refractivity contribution in [1.29, 1.82) is 0 Å². The molecule has 0 aromatic heterocycles. The summed E-state index contributed by atoms with van der Waals surface area (Å²) in [6.45, 7) is 3.56. The Bertz CT molecular complexity index is 265. The summed E-state index contributed by atoms with van der Waals surface area (Å²) in [5, 5.41) is 0. The SMILES string of the molecule is NCC(C1CCSC1)N1CCC2CCCCC2C1. The molecule has 3 rings (SSSR count). The van der Waals surface area contributed by atoms with E-state index in [-0.39, 0.29) is 0 Å². The van der Waals surface area contributed by atoms with Gasteiger partial charge in [0.1, 0.15) is 0 Å². The fourth-order valence-electron chi connectivity index (χ4n) is 4.43. The normalized spacial score (nSPS) is 39.5. The van der Waals surface area contributed by atoms with E-state index in [1.165, 1.54) is 63.1 Å². The van der Waals surface area contributed by atoms with Gasteiger partial charge in [-0.3, -0.25) is 4.90 Å². The third-order valence-electron chi connectivity index (χ3n) is 5.54. The maximum absolute atomic E-state index is 6.10. The minimum absolute atomic E-state index is 0.683. The molecule has 1 saturated carbocycles. The summed E-state index contributed by atoms with van der Waals surface area (Å²) < 4.78 is 0. The van der Waals surface area contributed by atoms with Gasteiger partial charge in [-0.05, 0) is 55.1 Å². The molecule has 0 spiro atoms. The van der Waals surface area contributed by atoms with Crippen molar-refractivity contribution in [2.75, 3.05) is 31.1 Å². The highest BCUT2D eigenvalue weighted by Gasteiger charge is 2.36. The summed E-state index contributed by atoms with van der Waals surface area (Å²) >= 11 is 2.13. The summed E-state index contributed by atoms with van der Waals surface area (Å²) in [4.78, 5) is 2.77. The van der Waals surface area contributed by atoms with Gasteiger partial charge in [-0.25, -0.2) is 0 Å². The Morgan fingerprint density at radius 1 is 1.11 bits per heavy atom. The van der Waals surface area contributed by atoms with Crippen molar-refractivity contribution in [3.63, 3.8) is 0 Å². The number of piperidine rings is 1. The average Bonchev–Trinajstić information content (AvgIpc) is 2.93. The first-order valence-electron chi connectivity index (χ1n) is 7.90. The highest BCUT2D eigenvalue weighted by Crippen LogP contribution is 2.38. The molecular formula is C15H28N2S. The van der Waals surface area contributed by atoms with Crippen molar-refractivity contribution in [3.05, 3.63) is 0 Å². The Labute approximate surface area is 116 Å². The first kappa shape index (κ1) is 13.3. The zero-order chi connectivity index (χ0) is 12.4. The molecule has 18 heavy (non-hydrogen) atoms. The molecule has 104 valence electrons. The number of fused-ring (bicyclic) bond motifs is 1. The summed E-state index contributed by atoms with van der Waals surface area (Å²) in [7, 11) is 0. The molecule has 2 nitrogen and oxygen atoms in total. The van der Waals surface area contributed by atoms with Crippen LogP contribution in [0.5, 0.6) is 0 Å². The smallest absolute Gasteiger partial charge is 0.0254 e. The standard InChI is InChI=1S/C15H28N2S/c16-9-15(14-6-8-18-11-14)17-7-5-12-3-1-2-4-13(12)10-17/h12-15H,1-11,16H2. The van der Waals surface area contributed by atoms with E-state index in [9.17, 15) is 0 Å². The van der Waals surface area contributed by atoms with Crippen LogP contribution in [0, 0.1) is 17.8 Å². The van der Waals surface area contributed by atoms with Crippen LogP contribution in [0.25, 0.3) is 0 Å². The zero-order valence-electron chi connectivity index (χ0n) is 11.5. The lowest BCUT2D eigenvalue weighted by atomic mass is 9.74. The largest absolute Gasteiger partial charge is 0.329 e. The molecule has 2 N–H and O–H groups in total. The van der Waals surface area contributed by atoms with Crippen LogP contribution in [-0.2, 0) is 0 Å². The fourth-order valence-corrected chi connectivity index (χ4v) is 5.75. The van der Waals surface area contributed by atoms with E-state index >= 15 is 0 Å². The zero-order valence-corrected chi connectivity index (χ0v) is 12.3. The lowest BCUT2D eigenvalue weighted by Crippen LogP contribution is -2.52. The summed E-state index contributed by atoms with van der Waals surface area (Å²) in [5.41, 5.74) is 6.10. The molecule has 0 aromatic rings. The van der Waals surface area contributed by atoms with Crippen LogP contribution in [0.15, 0.2) is 0 Å². The first-order chi connectivity index (χ1) is 8.88. The van der Waals surface area contributed by atoms with E-state index in [1.807, 2.05) is 0 Å². The molecule has 0 amide bonds. The average molecular weight is 268 g/mol. The van der Waals surface area contributed by atoms with Crippen LogP contribution in [0.3, 0.4) is 0 Å². The van der Waals surface area contributed by atoms with Gasteiger partial charge in [0.15, 0.2) is 0 Å². The molecule has 4 unspecified atom stereocenters. The maximum atomic E-state index is 6.10. The quantitative estimate of drug-likeness (QED) is 0.853. The third-order valence-corrected chi connectivity index (χ3v) is 6.73. The minimum Gasteiger partial charge on any atom is -0.329 e. The van der Waals surface area contributed by atoms with E-state index in [4.69, 9.17) is 5.73 Å². The van der Waals surface area contributed by atoms with Gasteiger partial charge in [-0.2, -0.15) is 11.8 Å². The number of nitrogens with zero attached hydrogens (tertiary/aromatic N) is 1. The molecular weight excluding hydrogens is 240 g/mol. The Morgan fingerprint density at radius 3 is 2.67 bits per heavy atom. The van der Waals surface area contributed by atoms with Crippen LogP contribution < -0.4 is 5.73 Å². The second-order valence-corrected chi connectivity index (χ2v) is 7.66. The van der Waals surface area contributed by atoms with Gasteiger partial charge in [0.25, 0.3) is 0 Å². The Morgan fingerprint density at radius 2 is 1.94 bits per heavy atom. The molecule has 0 aromatic carbocycles. The lowest BCUT2D eigenvalue weighted by molar-refractivity contribution is 0.0428. The predicted molar refractivity (Wildman–Crippen MR) is 79.9 cm³/mol. The van der Waals surface area contributed by atoms with Gasteiger partial charge < -0.3 is 5.73 Å². The fraction of sp³-hybridized carbons (Fsp3) is 1.00. The van der Waals surface area contributed by atoms with E-state index in [0.29, 0.717) is 6.04 Å². The molecule has 0 radical (unpaired) electrons. The number of hydrogen-bond donors (Lipinski definition) is 1. The molecule has 2 saturated heterocycles. The molecule has 3 fully saturated rings. The number of hydrogen-bond acceptors (Lipinski definition) is 3. The summed E-state index contributed by atoms with van der Waals surface area (Å²) in [6, 6.07) is 0.683. The van der Waals surface area contributed by atoms with Gasteiger partial charge in [0.2, 0.25) is 0 Å². The highest BCUT2D eigenvalue weighted by atomic mass is 32.2. The van der Waals surface area contributed by atoms with Crippen molar-refractivity contribution in [2.24, 2.45) is 23.5 Å². The van der Waals surface area contributed by atoms with Gasteiger partial charge >= 0.3 is 0 Å². The Hall–Kier alpha value is 0.270. The van der Waals surface area contributed by atoms with E-state index in [0.717, 1.165) is 24.3 Å². The van der Waals surface area contributed by atoms with Crippen molar-refractivity contribution in [1.82, 2.24) is 4.90 Å². The van der Waals surface area contributed by atoms with Gasteiger partial charge in [-0.1, -0.05) is 19.3 Å². The summed E-state index contributed by atoms with van der Waals surface area (Å²) in [6.07, 6.45) is 8.80. The van der Waals surface area contributed by atoms with Crippen LogP contribution in [-0.4, -0.2) is 42.1 Å². The van der Waals surface area contributed by atoms with Crippen molar-refractivity contribution in [3.8, 4) is 0 Å². The van der Waals surface area contributed by atoms with Gasteiger partial charge in [0.05, 0.1) is 0 Å². The molecule has 2 aliphatic heterocycles.